The second-order valence-electron chi connectivity index (χ2n) is 3.96. The highest BCUT2D eigenvalue weighted by Gasteiger charge is 2.28. The molecule has 2 rings (SSSR count). The Kier molecular flexibility index (Phi) is 3.21. The van der Waals surface area contributed by atoms with E-state index in [0.29, 0.717) is 0 Å². The lowest BCUT2D eigenvalue weighted by atomic mass is 9.90. The van der Waals surface area contributed by atoms with E-state index in [0.717, 1.165) is 18.8 Å². The van der Waals surface area contributed by atoms with Gasteiger partial charge in [0.05, 0.1) is 13.8 Å². The molecule has 1 N–H and O–H groups in total. The van der Waals surface area contributed by atoms with Crippen LogP contribution in [0.3, 0.4) is 0 Å². The summed E-state index contributed by atoms with van der Waals surface area (Å²) in [6, 6.07) is 7.92. The number of rotatable bonds is 3. The molecular formula is C12H16FNO. The number of benzene rings is 1. The minimum Gasteiger partial charge on any atom is -0.497 e. The monoisotopic (exact) mass is 209 g/mol. The Morgan fingerprint density at radius 3 is 3.07 bits per heavy atom. The molecular weight excluding hydrogens is 193 g/mol. The summed E-state index contributed by atoms with van der Waals surface area (Å²) in [5, 5.41) is 3.23. The minimum atomic E-state index is -0.255. The number of nitrogens with one attached hydrogen (secondary N) is 1. The summed E-state index contributed by atoms with van der Waals surface area (Å²) in [6.07, 6.45) is 0. The van der Waals surface area contributed by atoms with Crippen LogP contribution in [-0.4, -0.2) is 26.9 Å². The number of alkyl halides is 1. The average Bonchev–Trinajstić information content (AvgIpc) is 2.77. The molecule has 82 valence electrons. The van der Waals surface area contributed by atoms with Crippen molar-refractivity contribution in [2.75, 3.05) is 26.9 Å². The van der Waals surface area contributed by atoms with E-state index in [-0.39, 0.29) is 18.5 Å². The number of hydrogen-bond donors (Lipinski definition) is 1. The summed E-state index contributed by atoms with van der Waals surface area (Å²) in [5.74, 6) is 1.24. The molecule has 1 aliphatic rings. The van der Waals surface area contributed by atoms with Gasteiger partial charge in [0, 0.05) is 24.9 Å². The molecule has 0 aliphatic carbocycles. The van der Waals surface area contributed by atoms with Crippen molar-refractivity contribution in [1.29, 1.82) is 0 Å². The molecule has 0 unspecified atom stereocenters. The van der Waals surface area contributed by atoms with Crippen molar-refractivity contribution in [2.45, 2.75) is 5.92 Å². The third-order valence-electron chi connectivity index (χ3n) is 3.06. The number of hydrogen-bond acceptors (Lipinski definition) is 2. The van der Waals surface area contributed by atoms with Crippen LogP contribution in [0.4, 0.5) is 4.39 Å². The van der Waals surface area contributed by atoms with Crippen LogP contribution in [0.1, 0.15) is 11.5 Å². The maximum atomic E-state index is 12.7. The normalized spacial score (nSPS) is 25.5. The topological polar surface area (TPSA) is 21.3 Å². The summed E-state index contributed by atoms with van der Waals surface area (Å²) in [7, 11) is 1.65. The van der Waals surface area contributed by atoms with Crippen LogP contribution >= 0.6 is 0 Å². The van der Waals surface area contributed by atoms with Gasteiger partial charge in [-0.3, -0.25) is 4.39 Å². The molecule has 0 aromatic heterocycles. The van der Waals surface area contributed by atoms with E-state index in [1.54, 1.807) is 7.11 Å². The van der Waals surface area contributed by atoms with Crippen molar-refractivity contribution in [3.05, 3.63) is 29.8 Å². The molecule has 0 spiro atoms. The molecule has 1 fully saturated rings. The van der Waals surface area contributed by atoms with Crippen LogP contribution in [0.25, 0.3) is 0 Å². The molecule has 2 nitrogen and oxygen atoms in total. The maximum absolute atomic E-state index is 12.7. The quantitative estimate of drug-likeness (QED) is 0.821. The third-order valence-corrected chi connectivity index (χ3v) is 3.06. The zero-order valence-electron chi connectivity index (χ0n) is 8.87. The Morgan fingerprint density at radius 2 is 2.33 bits per heavy atom. The fourth-order valence-corrected chi connectivity index (χ4v) is 2.16. The van der Waals surface area contributed by atoms with Gasteiger partial charge in [-0.15, -0.1) is 0 Å². The van der Waals surface area contributed by atoms with Crippen LogP contribution in [-0.2, 0) is 0 Å². The fraction of sp³-hybridized carbons (Fsp3) is 0.500. The molecule has 1 aromatic rings. The Morgan fingerprint density at radius 1 is 1.47 bits per heavy atom. The van der Waals surface area contributed by atoms with E-state index in [9.17, 15) is 4.39 Å². The molecule has 15 heavy (non-hydrogen) atoms. The molecule has 0 radical (unpaired) electrons. The van der Waals surface area contributed by atoms with Crippen molar-refractivity contribution < 1.29 is 9.13 Å². The first kappa shape index (κ1) is 10.4. The van der Waals surface area contributed by atoms with Gasteiger partial charge in [0.2, 0.25) is 0 Å². The summed E-state index contributed by atoms with van der Waals surface area (Å²) in [4.78, 5) is 0. The highest BCUT2D eigenvalue weighted by Crippen LogP contribution is 2.30. The first-order valence-corrected chi connectivity index (χ1v) is 5.25. The Balaban J connectivity index is 2.20. The molecule has 1 aromatic carbocycles. The van der Waals surface area contributed by atoms with Gasteiger partial charge in [0.15, 0.2) is 0 Å². The second-order valence-corrected chi connectivity index (χ2v) is 3.96. The highest BCUT2D eigenvalue weighted by atomic mass is 19.1. The van der Waals surface area contributed by atoms with E-state index in [1.807, 2.05) is 24.3 Å². The number of halogens is 1. The van der Waals surface area contributed by atoms with Gasteiger partial charge in [0.25, 0.3) is 0 Å². The molecule has 0 amide bonds. The van der Waals surface area contributed by atoms with Gasteiger partial charge in [-0.05, 0) is 17.7 Å². The molecule has 2 atom stereocenters. The highest BCUT2D eigenvalue weighted by molar-refractivity contribution is 5.32. The number of methoxy groups -OCH3 is 1. The van der Waals surface area contributed by atoms with Gasteiger partial charge in [-0.2, -0.15) is 0 Å². The summed E-state index contributed by atoms with van der Waals surface area (Å²) in [6.45, 7) is 1.38. The zero-order chi connectivity index (χ0) is 10.7. The summed E-state index contributed by atoms with van der Waals surface area (Å²) < 4.78 is 17.9. The van der Waals surface area contributed by atoms with Crippen molar-refractivity contribution in [3.63, 3.8) is 0 Å². The predicted molar refractivity (Wildman–Crippen MR) is 58.1 cm³/mol. The van der Waals surface area contributed by atoms with Gasteiger partial charge >= 0.3 is 0 Å². The molecule has 1 aliphatic heterocycles. The van der Waals surface area contributed by atoms with Crippen LogP contribution in [0, 0.1) is 5.92 Å². The Labute approximate surface area is 89.4 Å². The van der Waals surface area contributed by atoms with Crippen LogP contribution in [0.5, 0.6) is 5.75 Å². The Bertz CT molecular complexity index is 329. The molecule has 0 saturated carbocycles. The van der Waals surface area contributed by atoms with Gasteiger partial charge in [-0.25, -0.2) is 0 Å². The zero-order valence-corrected chi connectivity index (χ0v) is 8.87. The summed E-state index contributed by atoms with van der Waals surface area (Å²) in [5.41, 5.74) is 1.17. The molecule has 0 bridgehead atoms. The fourth-order valence-electron chi connectivity index (χ4n) is 2.16. The first-order chi connectivity index (χ1) is 7.35. The van der Waals surface area contributed by atoms with Crippen molar-refractivity contribution >= 4 is 0 Å². The Hall–Kier alpha value is -1.09. The lowest BCUT2D eigenvalue weighted by Gasteiger charge is -2.16. The number of ether oxygens (including phenoxy) is 1. The SMILES string of the molecule is COc1cccc([C@@H]2CNC[C@@H]2CF)c1. The predicted octanol–water partition coefficient (Wildman–Crippen LogP) is 1.97. The largest absolute Gasteiger partial charge is 0.497 e. The van der Waals surface area contributed by atoms with E-state index in [4.69, 9.17) is 4.74 Å². The maximum Gasteiger partial charge on any atom is 0.119 e. The van der Waals surface area contributed by atoms with Crippen molar-refractivity contribution in [2.24, 2.45) is 5.92 Å². The van der Waals surface area contributed by atoms with Crippen LogP contribution < -0.4 is 10.1 Å². The summed E-state index contributed by atoms with van der Waals surface area (Å²) >= 11 is 0. The second kappa shape index (κ2) is 4.62. The molecule has 1 heterocycles. The van der Waals surface area contributed by atoms with E-state index >= 15 is 0 Å². The van der Waals surface area contributed by atoms with Gasteiger partial charge in [0.1, 0.15) is 5.75 Å². The minimum absolute atomic E-state index is 0.108. The van der Waals surface area contributed by atoms with Crippen LogP contribution in [0.15, 0.2) is 24.3 Å². The lowest BCUT2D eigenvalue weighted by Crippen LogP contribution is -2.12. The molecule has 3 heteroatoms. The van der Waals surface area contributed by atoms with E-state index < -0.39 is 0 Å². The van der Waals surface area contributed by atoms with Crippen molar-refractivity contribution in [1.82, 2.24) is 5.32 Å². The van der Waals surface area contributed by atoms with E-state index in [2.05, 4.69) is 5.32 Å². The third kappa shape index (κ3) is 2.12. The average molecular weight is 209 g/mol. The first-order valence-electron chi connectivity index (χ1n) is 5.25. The van der Waals surface area contributed by atoms with E-state index in [1.165, 1.54) is 5.56 Å². The smallest absolute Gasteiger partial charge is 0.119 e. The van der Waals surface area contributed by atoms with Crippen molar-refractivity contribution in [3.8, 4) is 5.75 Å². The van der Waals surface area contributed by atoms with Gasteiger partial charge < -0.3 is 10.1 Å². The molecule has 1 saturated heterocycles. The standard InChI is InChI=1S/C12H16FNO/c1-15-11-4-2-3-9(5-11)12-8-14-7-10(12)6-13/h2-5,10,12,14H,6-8H2,1H3/t10-,12-/m0/s1. The lowest BCUT2D eigenvalue weighted by molar-refractivity contribution is 0.357. The van der Waals surface area contributed by atoms with Gasteiger partial charge in [-0.1, -0.05) is 12.1 Å². The van der Waals surface area contributed by atoms with Crippen LogP contribution in [0.2, 0.25) is 0 Å².